The van der Waals surface area contributed by atoms with Crippen molar-refractivity contribution in [3.8, 4) is 0 Å². The molecule has 0 saturated heterocycles. The second-order valence-corrected chi connectivity index (χ2v) is 8.16. The van der Waals surface area contributed by atoms with Gasteiger partial charge in [0.15, 0.2) is 0 Å². The van der Waals surface area contributed by atoms with Crippen LogP contribution in [0.5, 0.6) is 0 Å². The van der Waals surface area contributed by atoms with E-state index in [0.717, 1.165) is 18.6 Å². The molecule has 0 aliphatic carbocycles. The van der Waals surface area contributed by atoms with Gasteiger partial charge in [0, 0.05) is 16.2 Å². The van der Waals surface area contributed by atoms with Crippen LogP contribution in [0.25, 0.3) is 0 Å². The number of carbonyl (C=O) groups is 1. The van der Waals surface area contributed by atoms with Gasteiger partial charge in [0.2, 0.25) is 0 Å². The average molecular weight is 336 g/mol. The average Bonchev–Trinajstić information content (AvgIpc) is 2.25. The molecule has 0 heterocycles. The van der Waals surface area contributed by atoms with Crippen LogP contribution in [0.1, 0.15) is 49.5 Å². The van der Waals surface area contributed by atoms with E-state index in [2.05, 4.69) is 5.32 Å². The zero-order valence-electron chi connectivity index (χ0n) is 12.5. The quantitative estimate of drug-likeness (QED) is 0.839. The Bertz CT molecular complexity index is 656. The minimum absolute atomic E-state index is 0.159. The zero-order valence-corrected chi connectivity index (χ0v) is 14.0. The lowest BCUT2D eigenvalue weighted by Gasteiger charge is -2.26. The highest BCUT2D eigenvalue weighted by Gasteiger charge is 2.24. The summed E-state index contributed by atoms with van der Waals surface area (Å²) in [5, 5.41) is 2.70. The Kier molecular flexibility index (Phi) is 5.39. The normalized spacial score (nSPS) is 12.3. The van der Waals surface area contributed by atoms with E-state index in [1.165, 1.54) is 6.92 Å². The van der Waals surface area contributed by atoms with Crippen molar-refractivity contribution in [1.82, 2.24) is 5.32 Å². The highest BCUT2D eigenvalue weighted by Crippen LogP contribution is 2.24. The number of aryl methyl sites for hydroxylation is 1. The molecule has 0 aliphatic heterocycles. The maximum atomic E-state index is 13.9. The molecule has 0 bridgehead atoms. The third kappa shape index (κ3) is 4.68. The minimum Gasteiger partial charge on any atom is -0.347 e. The second-order valence-electron chi connectivity index (χ2n) is 5.62. The standard InChI is InChI=1S/C14H19ClFNO3S/c1-5-6-14(3,4)17-13(18)10-8-12(21(15,19)20)9(2)7-11(10)16/h7-8H,5-6H2,1-4H3,(H,17,18). The Morgan fingerprint density at radius 2 is 1.95 bits per heavy atom. The summed E-state index contributed by atoms with van der Waals surface area (Å²) in [6, 6.07) is 1.97. The van der Waals surface area contributed by atoms with Crippen LogP contribution in [0, 0.1) is 12.7 Å². The van der Waals surface area contributed by atoms with Gasteiger partial charge in [-0.1, -0.05) is 13.3 Å². The van der Waals surface area contributed by atoms with Crippen LogP contribution < -0.4 is 5.32 Å². The van der Waals surface area contributed by atoms with Crippen LogP contribution in [0.2, 0.25) is 0 Å². The van der Waals surface area contributed by atoms with Crippen molar-refractivity contribution in [2.75, 3.05) is 0 Å². The Balaban J connectivity index is 3.22. The minimum atomic E-state index is -4.03. The van der Waals surface area contributed by atoms with E-state index in [1.54, 1.807) is 0 Å². The summed E-state index contributed by atoms with van der Waals surface area (Å²) in [5.41, 5.74) is -0.681. The first-order chi connectivity index (χ1) is 9.48. The Morgan fingerprint density at radius 3 is 2.43 bits per heavy atom. The predicted molar refractivity (Wildman–Crippen MR) is 80.6 cm³/mol. The maximum absolute atomic E-state index is 13.9. The van der Waals surface area contributed by atoms with Gasteiger partial charge in [-0.25, -0.2) is 12.8 Å². The lowest BCUT2D eigenvalue weighted by molar-refractivity contribution is 0.0904. The first-order valence-electron chi connectivity index (χ1n) is 6.55. The van der Waals surface area contributed by atoms with Crippen molar-refractivity contribution in [2.24, 2.45) is 0 Å². The van der Waals surface area contributed by atoms with Gasteiger partial charge in [-0.2, -0.15) is 0 Å². The van der Waals surface area contributed by atoms with E-state index in [4.69, 9.17) is 10.7 Å². The molecule has 0 atom stereocenters. The van der Waals surface area contributed by atoms with E-state index in [0.29, 0.717) is 6.42 Å². The van der Waals surface area contributed by atoms with E-state index < -0.39 is 26.3 Å². The number of amides is 1. The lowest BCUT2D eigenvalue weighted by atomic mass is 9.98. The van der Waals surface area contributed by atoms with E-state index in [9.17, 15) is 17.6 Å². The number of hydrogen-bond acceptors (Lipinski definition) is 3. The molecule has 0 radical (unpaired) electrons. The van der Waals surface area contributed by atoms with Crippen LogP contribution >= 0.6 is 10.7 Å². The second kappa shape index (κ2) is 6.32. The maximum Gasteiger partial charge on any atom is 0.261 e. The summed E-state index contributed by atoms with van der Waals surface area (Å²) >= 11 is 0. The number of carbonyl (C=O) groups excluding carboxylic acids is 1. The molecule has 0 fully saturated rings. The van der Waals surface area contributed by atoms with Crippen molar-refractivity contribution in [1.29, 1.82) is 0 Å². The fraction of sp³-hybridized carbons (Fsp3) is 0.500. The third-order valence-electron chi connectivity index (χ3n) is 3.10. The molecule has 1 aromatic rings. The number of hydrogen-bond donors (Lipinski definition) is 1. The van der Waals surface area contributed by atoms with Crippen LogP contribution in [0.4, 0.5) is 4.39 Å². The number of halogens is 2. The molecule has 21 heavy (non-hydrogen) atoms. The summed E-state index contributed by atoms with van der Waals surface area (Å²) < 4.78 is 36.8. The summed E-state index contributed by atoms with van der Waals surface area (Å²) in [5.74, 6) is -1.44. The molecule has 7 heteroatoms. The van der Waals surface area contributed by atoms with Gasteiger partial charge in [0.1, 0.15) is 5.82 Å². The van der Waals surface area contributed by atoms with Gasteiger partial charge < -0.3 is 5.32 Å². The molecule has 1 aromatic carbocycles. The van der Waals surface area contributed by atoms with Gasteiger partial charge in [-0.05, 0) is 44.9 Å². The van der Waals surface area contributed by atoms with Gasteiger partial charge in [0.05, 0.1) is 10.5 Å². The first-order valence-corrected chi connectivity index (χ1v) is 8.86. The largest absolute Gasteiger partial charge is 0.347 e. The van der Waals surface area contributed by atoms with Gasteiger partial charge >= 0.3 is 0 Å². The van der Waals surface area contributed by atoms with E-state index in [-0.39, 0.29) is 16.0 Å². The fourth-order valence-electron chi connectivity index (χ4n) is 2.15. The monoisotopic (exact) mass is 335 g/mol. The summed E-state index contributed by atoms with van der Waals surface area (Å²) in [7, 11) is 1.26. The summed E-state index contributed by atoms with van der Waals surface area (Å²) in [6.07, 6.45) is 1.57. The predicted octanol–water partition coefficient (Wildman–Crippen LogP) is 3.37. The SMILES string of the molecule is CCCC(C)(C)NC(=O)c1cc(S(=O)(=O)Cl)c(C)cc1F. The van der Waals surface area contributed by atoms with Crippen LogP contribution in [-0.2, 0) is 9.05 Å². The molecule has 1 rings (SSSR count). The van der Waals surface area contributed by atoms with Crippen LogP contribution in [-0.4, -0.2) is 19.9 Å². The molecule has 0 saturated carbocycles. The molecule has 4 nitrogen and oxygen atoms in total. The molecule has 0 spiro atoms. The fourth-order valence-corrected chi connectivity index (χ4v) is 3.35. The Labute approximate surface area is 129 Å². The third-order valence-corrected chi connectivity index (χ3v) is 4.56. The highest BCUT2D eigenvalue weighted by molar-refractivity contribution is 8.13. The van der Waals surface area contributed by atoms with Crippen molar-refractivity contribution < 1.29 is 17.6 Å². The van der Waals surface area contributed by atoms with Crippen molar-refractivity contribution >= 4 is 25.6 Å². The number of benzene rings is 1. The molecular weight excluding hydrogens is 317 g/mol. The lowest BCUT2D eigenvalue weighted by Crippen LogP contribution is -2.43. The van der Waals surface area contributed by atoms with Crippen LogP contribution in [0.15, 0.2) is 17.0 Å². The molecule has 118 valence electrons. The zero-order chi connectivity index (χ0) is 16.4. The Hall–Kier alpha value is -1.14. The smallest absolute Gasteiger partial charge is 0.261 e. The van der Waals surface area contributed by atoms with Crippen molar-refractivity contribution in [3.63, 3.8) is 0 Å². The molecular formula is C14H19ClFNO3S. The highest BCUT2D eigenvalue weighted by atomic mass is 35.7. The van der Waals surface area contributed by atoms with Gasteiger partial charge in [0.25, 0.3) is 15.0 Å². The molecule has 1 N–H and O–H groups in total. The van der Waals surface area contributed by atoms with Gasteiger partial charge in [-0.15, -0.1) is 0 Å². The summed E-state index contributed by atoms with van der Waals surface area (Å²) in [6.45, 7) is 7.03. The first kappa shape index (κ1) is 17.9. The molecule has 0 aromatic heterocycles. The number of rotatable bonds is 5. The van der Waals surface area contributed by atoms with Crippen LogP contribution in [0.3, 0.4) is 0 Å². The molecule has 1 amide bonds. The van der Waals surface area contributed by atoms with E-state index >= 15 is 0 Å². The van der Waals surface area contributed by atoms with Crippen molar-refractivity contribution in [3.05, 3.63) is 29.1 Å². The molecule has 0 aliphatic rings. The van der Waals surface area contributed by atoms with Gasteiger partial charge in [-0.3, -0.25) is 4.79 Å². The van der Waals surface area contributed by atoms with Crippen molar-refractivity contribution in [2.45, 2.75) is 51.0 Å². The summed E-state index contributed by atoms with van der Waals surface area (Å²) in [4.78, 5) is 11.9. The number of nitrogens with one attached hydrogen (secondary N) is 1. The van der Waals surface area contributed by atoms with E-state index in [1.807, 2.05) is 20.8 Å². The Morgan fingerprint density at radius 1 is 1.38 bits per heavy atom. The molecule has 0 unspecified atom stereocenters. The topological polar surface area (TPSA) is 63.2 Å².